The number of benzene rings is 2. The molecule has 2 aromatic rings. The minimum atomic E-state index is -0.946. The number of rotatable bonds is 6. The third-order valence-electron chi connectivity index (χ3n) is 3.59. The molecule has 0 aliphatic carbocycles. The molecule has 2 N–H and O–H groups in total. The zero-order valence-corrected chi connectivity index (χ0v) is 14.1. The largest absolute Gasteiger partial charge is 0.483 e. The summed E-state index contributed by atoms with van der Waals surface area (Å²) in [6.45, 7) is 5.76. The number of anilines is 1. The molecule has 0 aromatic heterocycles. The Morgan fingerprint density at radius 1 is 1.08 bits per heavy atom. The van der Waals surface area contributed by atoms with Crippen molar-refractivity contribution in [2.75, 3.05) is 11.9 Å². The van der Waals surface area contributed by atoms with Crippen LogP contribution in [0.5, 0.6) is 5.75 Å². The van der Waals surface area contributed by atoms with Crippen molar-refractivity contribution in [3.8, 4) is 5.75 Å². The van der Waals surface area contributed by atoms with E-state index < -0.39 is 5.97 Å². The van der Waals surface area contributed by atoms with Crippen LogP contribution < -0.4 is 10.1 Å². The minimum absolute atomic E-state index is 0.133. The van der Waals surface area contributed by atoms with E-state index in [1.807, 2.05) is 32.9 Å². The fourth-order valence-corrected chi connectivity index (χ4v) is 2.68. The van der Waals surface area contributed by atoms with Crippen LogP contribution in [0.3, 0.4) is 0 Å². The number of carboxylic acids is 1. The lowest BCUT2D eigenvalue weighted by Crippen LogP contribution is -2.21. The van der Waals surface area contributed by atoms with Gasteiger partial charge in [-0.25, -0.2) is 0 Å². The van der Waals surface area contributed by atoms with Gasteiger partial charge in [0.1, 0.15) is 5.75 Å². The molecule has 0 atom stereocenters. The Morgan fingerprint density at radius 3 is 2.33 bits per heavy atom. The van der Waals surface area contributed by atoms with E-state index >= 15 is 0 Å². The van der Waals surface area contributed by atoms with E-state index in [0.717, 1.165) is 16.7 Å². The van der Waals surface area contributed by atoms with Gasteiger partial charge < -0.3 is 15.2 Å². The summed E-state index contributed by atoms with van der Waals surface area (Å²) < 4.78 is 5.65. The molecular formula is C19H21NO4. The van der Waals surface area contributed by atoms with Gasteiger partial charge in [-0.15, -0.1) is 0 Å². The predicted molar refractivity (Wildman–Crippen MR) is 92.6 cm³/mol. The summed E-state index contributed by atoms with van der Waals surface area (Å²) in [7, 11) is 0. The Bertz CT molecular complexity index is 745. The number of hydrogen-bond acceptors (Lipinski definition) is 3. The van der Waals surface area contributed by atoms with E-state index in [9.17, 15) is 9.59 Å². The average Bonchev–Trinajstić information content (AvgIpc) is 2.47. The van der Waals surface area contributed by atoms with Gasteiger partial charge in [0.25, 0.3) is 5.91 Å². The molecule has 126 valence electrons. The number of aliphatic carboxylic acids is 1. The van der Waals surface area contributed by atoms with E-state index in [1.54, 1.807) is 24.3 Å². The molecule has 0 fully saturated rings. The van der Waals surface area contributed by atoms with Crippen molar-refractivity contribution < 1.29 is 19.4 Å². The predicted octanol–water partition coefficient (Wildman–Crippen LogP) is 3.26. The Kier molecular flexibility index (Phi) is 5.58. The fourth-order valence-electron chi connectivity index (χ4n) is 2.68. The first-order valence-corrected chi connectivity index (χ1v) is 7.67. The fraction of sp³-hybridized carbons (Fsp3) is 0.263. The van der Waals surface area contributed by atoms with E-state index in [4.69, 9.17) is 9.84 Å². The third-order valence-corrected chi connectivity index (χ3v) is 3.59. The van der Waals surface area contributed by atoms with Crippen molar-refractivity contribution in [2.24, 2.45) is 0 Å². The van der Waals surface area contributed by atoms with Crippen LogP contribution in [0.4, 0.5) is 5.69 Å². The molecule has 0 saturated carbocycles. The van der Waals surface area contributed by atoms with Gasteiger partial charge in [0.15, 0.2) is 6.61 Å². The Labute approximate surface area is 141 Å². The normalized spacial score (nSPS) is 10.3. The van der Waals surface area contributed by atoms with Crippen molar-refractivity contribution in [2.45, 2.75) is 27.2 Å². The van der Waals surface area contributed by atoms with E-state index in [1.165, 1.54) is 0 Å². The van der Waals surface area contributed by atoms with E-state index in [-0.39, 0.29) is 18.9 Å². The summed E-state index contributed by atoms with van der Waals surface area (Å²) in [4.78, 5) is 23.0. The minimum Gasteiger partial charge on any atom is -0.483 e. The molecule has 0 saturated heterocycles. The van der Waals surface area contributed by atoms with Gasteiger partial charge in [-0.3, -0.25) is 9.59 Å². The Hall–Kier alpha value is -2.82. The Morgan fingerprint density at radius 2 is 1.71 bits per heavy atom. The lowest BCUT2D eigenvalue weighted by molar-refractivity contribution is -0.136. The number of nitrogens with one attached hydrogen (secondary N) is 1. The lowest BCUT2D eigenvalue weighted by atomic mass is 10.1. The summed E-state index contributed by atoms with van der Waals surface area (Å²) in [6, 6.07) is 10.8. The van der Waals surface area contributed by atoms with Crippen LogP contribution in [-0.4, -0.2) is 23.6 Å². The molecule has 0 aliphatic rings. The molecule has 0 heterocycles. The lowest BCUT2D eigenvalue weighted by Gasteiger charge is -2.14. The van der Waals surface area contributed by atoms with Crippen LogP contribution >= 0.6 is 0 Å². The molecule has 2 aromatic carbocycles. The molecule has 0 unspecified atom stereocenters. The maximum atomic E-state index is 12.1. The maximum Gasteiger partial charge on any atom is 0.307 e. The monoisotopic (exact) mass is 327 g/mol. The standard InChI is InChI=1S/C19H21NO4/c1-12-8-13(2)19(14(3)9-12)24-11-17(21)20-16-7-5-4-6-15(16)10-18(22)23/h4-9H,10-11H2,1-3H3,(H,20,21)(H,22,23). The van der Waals surface area contributed by atoms with Crippen molar-refractivity contribution in [1.29, 1.82) is 0 Å². The second kappa shape index (κ2) is 7.64. The summed E-state index contributed by atoms with van der Waals surface area (Å²) >= 11 is 0. The van der Waals surface area contributed by atoms with Crippen LogP contribution in [0.1, 0.15) is 22.3 Å². The molecule has 5 heteroatoms. The summed E-state index contributed by atoms with van der Waals surface area (Å²) in [6.07, 6.45) is -0.145. The number of carboxylic acid groups (broad SMARTS) is 1. The highest BCUT2D eigenvalue weighted by molar-refractivity contribution is 5.93. The van der Waals surface area contributed by atoms with E-state index in [0.29, 0.717) is 17.0 Å². The maximum absolute atomic E-state index is 12.1. The number of amides is 1. The summed E-state index contributed by atoms with van der Waals surface area (Å²) in [5.74, 6) is -0.569. The third kappa shape index (κ3) is 4.59. The molecule has 1 amide bonds. The molecule has 0 bridgehead atoms. The Balaban J connectivity index is 2.04. The molecule has 5 nitrogen and oxygen atoms in total. The molecule has 0 radical (unpaired) electrons. The van der Waals surface area contributed by atoms with Crippen LogP contribution in [0.25, 0.3) is 0 Å². The SMILES string of the molecule is Cc1cc(C)c(OCC(=O)Nc2ccccc2CC(=O)O)c(C)c1. The number of hydrogen-bond donors (Lipinski definition) is 2. The van der Waals surface area contributed by atoms with Crippen molar-refractivity contribution in [3.05, 3.63) is 58.7 Å². The summed E-state index contributed by atoms with van der Waals surface area (Å²) in [5.41, 5.74) is 4.15. The van der Waals surface area contributed by atoms with Gasteiger partial charge in [0.2, 0.25) is 0 Å². The number of carbonyl (C=O) groups excluding carboxylic acids is 1. The average molecular weight is 327 g/mol. The van der Waals surface area contributed by atoms with E-state index in [2.05, 4.69) is 5.32 Å². The van der Waals surface area contributed by atoms with Crippen LogP contribution in [0.15, 0.2) is 36.4 Å². The zero-order chi connectivity index (χ0) is 17.7. The van der Waals surface area contributed by atoms with Crippen LogP contribution in [0.2, 0.25) is 0 Å². The smallest absolute Gasteiger partial charge is 0.307 e. The molecule has 0 spiro atoms. The number of para-hydroxylation sites is 1. The van der Waals surface area contributed by atoms with Crippen LogP contribution in [0, 0.1) is 20.8 Å². The highest BCUT2D eigenvalue weighted by atomic mass is 16.5. The van der Waals surface area contributed by atoms with Gasteiger partial charge in [0.05, 0.1) is 6.42 Å². The summed E-state index contributed by atoms with van der Waals surface area (Å²) in [5, 5.41) is 11.6. The number of carbonyl (C=O) groups is 2. The number of ether oxygens (including phenoxy) is 1. The molecular weight excluding hydrogens is 306 g/mol. The molecule has 2 rings (SSSR count). The second-order valence-electron chi connectivity index (χ2n) is 5.79. The van der Waals surface area contributed by atoms with Gasteiger partial charge >= 0.3 is 5.97 Å². The van der Waals surface area contributed by atoms with Gasteiger partial charge in [-0.2, -0.15) is 0 Å². The second-order valence-corrected chi connectivity index (χ2v) is 5.79. The first-order chi connectivity index (χ1) is 11.4. The quantitative estimate of drug-likeness (QED) is 0.854. The van der Waals surface area contributed by atoms with Crippen molar-refractivity contribution in [3.63, 3.8) is 0 Å². The highest BCUT2D eigenvalue weighted by Crippen LogP contribution is 2.24. The number of aryl methyl sites for hydroxylation is 3. The zero-order valence-electron chi connectivity index (χ0n) is 14.1. The highest BCUT2D eigenvalue weighted by Gasteiger charge is 2.11. The van der Waals surface area contributed by atoms with Crippen molar-refractivity contribution in [1.82, 2.24) is 0 Å². The first kappa shape index (κ1) is 17.5. The molecule has 0 aliphatic heterocycles. The van der Waals surface area contributed by atoms with Gasteiger partial charge in [-0.1, -0.05) is 35.9 Å². The first-order valence-electron chi connectivity index (χ1n) is 7.67. The van der Waals surface area contributed by atoms with Crippen molar-refractivity contribution >= 4 is 17.6 Å². The van der Waals surface area contributed by atoms with Gasteiger partial charge in [0, 0.05) is 5.69 Å². The van der Waals surface area contributed by atoms with Crippen LogP contribution in [-0.2, 0) is 16.0 Å². The molecule has 24 heavy (non-hydrogen) atoms. The topological polar surface area (TPSA) is 75.6 Å². The van der Waals surface area contributed by atoms with Gasteiger partial charge in [-0.05, 0) is 43.5 Å².